The maximum absolute atomic E-state index is 5.39. The fraction of sp³-hybridized carbons (Fsp3) is 0.333. The Balaban J connectivity index is 2.19. The van der Waals surface area contributed by atoms with Crippen LogP contribution in [0.3, 0.4) is 0 Å². The van der Waals surface area contributed by atoms with Gasteiger partial charge in [-0.05, 0) is 0 Å². The molecule has 0 atom stereocenters. The molecular weight excluding hydrogens is 196 g/mol. The van der Waals surface area contributed by atoms with Crippen LogP contribution < -0.4 is 11.1 Å². The van der Waals surface area contributed by atoms with Crippen molar-refractivity contribution in [2.45, 2.75) is 0 Å². The lowest BCUT2D eigenvalue weighted by atomic mass is 10.6. The lowest BCUT2D eigenvalue weighted by Crippen LogP contribution is -2.06. The van der Waals surface area contributed by atoms with E-state index in [1.54, 1.807) is 18.0 Å². The molecule has 0 amide bonds. The zero-order valence-corrected chi connectivity index (χ0v) is 8.55. The summed E-state index contributed by atoms with van der Waals surface area (Å²) in [6, 6.07) is 0. The summed E-state index contributed by atoms with van der Waals surface area (Å²) in [7, 11) is 0. The number of hydrogen-bond donors (Lipinski definition) is 2. The highest BCUT2D eigenvalue weighted by molar-refractivity contribution is 7.99. The van der Waals surface area contributed by atoms with Crippen LogP contribution in [0.25, 0.3) is 0 Å². The topological polar surface area (TPSA) is 63.8 Å². The number of terminal acetylenes is 1. The van der Waals surface area contributed by atoms with Crippen molar-refractivity contribution in [3.05, 3.63) is 12.4 Å². The van der Waals surface area contributed by atoms with E-state index in [4.69, 9.17) is 12.2 Å². The lowest BCUT2D eigenvalue weighted by molar-refractivity contribution is 1.13. The second-order valence-corrected chi connectivity index (χ2v) is 3.62. The highest BCUT2D eigenvalue weighted by Crippen LogP contribution is 2.02. The Kier molecular flexibility index (Phi) is 4.65. The molecule has 0 spiro atoms. The van der Waals surface area contributed by atoms with Gasteiger partial charge in [-0.25, -0.2) is 9.97 Å². The minimum atomic E-state index is 0.428. The van der Waals surface area contributed by atoms with Crippen molar-refractivity contribution >= 4 is 23.4 Å². The SMILES string of the molecule is C#CCSCCNc1cnc(N)cn1. The Bertz CT molecular complexity index is 304. The van der Waals surface area contributed by atoms with Gasteiger partial charge in [0.25, 0.3) is 0 Å². The van der Waals surface area contributed by atoms with Crippen molar-refractivity contribution in [1.82, 2.24) is 9.97 Å². The van der Waals surface area contributed by atoms with Gasteiger partial charge >= 0.3 is 0 Å². The Morgan fingerprint density at radius 3 is 3.00 bits per heavy atom. The molecule has 0 aliphatic carbocycles. The Morgan fingerprint density at radius 2 is 2.36 bits per heavy atom. The van der Waals surface area contributed by atoms with E-state index in [9.17, 15) is 0 Å². The maximum Gasteiger partial charge on any atom is 0.144 e. The number of nitrogens with two attached hydrogens (primary N) is 1. The Hall–Kier alpha value is -1.41. The molecule has 1 rings (SSSR count). The number of thioether (sulfide) groups is 1. The number of aromatic nitrogens is 2. The van der Waals surface area contributed by atoms with Gasteiger partial charge in [0.15, 0.2) is 0 Å². The molecule has 0 saturated carbocycles. The molecule has 1 aromatic heterocycles. The second-order valence-electron chi connectivity index (χ2n) is 2.51. The third-order valence-corrected chi connectivity index (χ3v) is 2.27. The summed E-state index contributed by atoms with van der Waals surface area (Å²) in [5.74, 6) is 5.43. The summed E-state index contributed by atoms with van der Waals surface area (Å²) < 4.78 is 0. The van der Waals surface area contributed by atoms with E-state index in [2.05, 4.69) is 21.2 Å². The molecule has 0 aliphatic heterocycles. The zero-order valence-electron chi connectivity index (χ0n) is 7.73. The zero-order chi connectivity index (χ0) is 10.2. The predicted molar refractivity (Wildman–Crippen MR) is 61.1 cm³/mol. The molecule has 0 bridgehead atoms. The molecule has 74 valence electrons. The molecule has 0 radical (unpaired) electrons. The smallest absolute Gasteiger partial charge is 0.144 e. The van der Waals surface area contributed by atoms with E-state index in [0.29, 0.717) is 5.82 Å². The van der Waals surface area contributed by atoms with Gasteiger partial charge in [0.2, 0.25) is 0 Å². The van der Waals surface area contributed by atoms with Crippen molar-refractivity contribution in [1.29, 1.82) is 0 Å². The van der Waals surface area contributed by atoms with Crippen molar-refractivity contribution in [3.63, 3.8) is 0 Å². The number of hydrogen-bond acceptors (Lipinski definition) is 5. The third-order valence-electron chi connectivity index (χ3n) is 1.41. The molecule has 4 nitrogen and oxygen atoms in total. The molecule has 1 aromatic rings. The van der Waals surface area contributed by atoms with Crippen LogP contribution in [0.15, 0.2) is 12.4 Å². The van der Waals surface area contributed by atoms with Crippen LogP contribution in [-0.2, 0) is 0 Å². The van der Waals surface area contributed by atoms with E-state index >= 15 is 0 Å². The fourth-order valence-corrected chi connectivity index (χ4v) is 1.32. The Morgan fingerprint density at radius 1 is 1.50 bits per heavy atom. The lowest BCUT2D eigenvalue weighted by Gasteiger charge is -2.03. The number of rotatable bonds is 5. The van der Waals surface area contributed by atoms with Crippen molar-refractivity contribution in [2.75, 3.05) is 29.1 Å². The van der Waals surface area contributed by atoms with Gasteiger partial charge in [-0.1, -0.05) is 5.92 Å². The van der Waals surface area contributed by atoms with Crippen LogP contribution >= 0.6 is 11.8 Å². The molecule has 0 fully saturated rings. The van der Waals surface area contributed by atoms with E-state index in [1.807, 2.05) is 0 Å². The van der Waals surface area contributed by atoms with Crippen LogP contribution in [0.1, 0.15) is 0 Å². The molecule has 5 heteroatoms. The average molecular weight is 208 g/mol. The van der Waals surface area contributed by atoms with E-state index < -0.39 is 0 Å². The fourth-order valence-electron chi connectivity index (χ4n) is 0.812. The number of nitrogens with one attached hydrogen (secondary N) is 1. The normalized spacial score (nSPS) is 9.36. The summed E-state index contributed by atoms with van der Waals surface area (Å²) in [5.41, 5.74) is 5.39. The molecule has 0 aliphatic rings. The van der Waals surface area contributed by atoms with Gasteiger partial charge in [0.05, 0.1) is 18.1 Å². The van der Waals surface area contributed by atoms with E-state index in [1.165, 1.54) is 6.20 Å². The van der Waals surface area contributed by atoms with E-state index in [0.717, 1.165) is 23.9 Å². The summed E-state index contributed by atoms with van der Waals surface area (Å²) in [4.78, 5) is 7.96. The first-order chi connectivity index (χ1) is 6.83. The van der Waals surface area contributed by atoms with Crippen LogP contribution in [0, 0.1) is 12.3 Å². The molecule has 14 heavy (non-hydrogen) atoms. The van der Waals surface area contributed by atoms with Crippen LogP contribution in [0.2, 0.25) is 0 Å². The van der Waals surface area contributed by atoms with E-state index in [-0.39, 0.29) is 0 Å². The largest absolute Gasteiger partial charge is 0.382 e. The second kappa shape index (κ2) is 6.11. The van der Waals surface area contributed by atoms with Crippen molar-refractivity contribution in [3.8, 4) is 12.3 Å². The molecule has 0 saturated heterocycles. The summed E-state index contributed by atoms with van der Waals surface area (Å²) in [5, 5.41) is 3.11. The van der Waals surface area contributed by atoms with Gasteiger partial charge in [0.1, 0.15) is 11.6 Å². The summed E-state index contributed by atoms with van der Waals surface area (Å²) in [6.45, 7) is 0.824. The maximum atomic E-state index is 5.39. The highest BCUT2D eigenvalue weighted by atomic mass is 32.2. The molecular formula is C9H12N4S. The summed E-state index contributed by atoms with van der Waals surface area (Å²) in [6.07, 6.45) is 8.25. The first-order valence-electron chi connectivity index (χ1n) is 4.15. The van der Waals surface area contributed by atoms with Gasteiger partial charge in [0, 0.05) is 12.3 Å². The summed E-state index contributed by atoms with van der Waals surface area (Å²) >= 11 is 1.70. The van der Waals surface area contributed by atoms with Crippen LogP contribution in [0.4, 0.5) is 11.6 Å². The van der Waals surface area contributed by atoms with Gasteiger partial charge in [-0.3, -0.25) is 0 Å². The Labute approximate surface area is 87.7 Å². The minimum Gasteiger partial charge on any atom is -0.382 e. The predicted octanol–water partition coefficient (Wildman–Crippen LogP) is 0.837. The standard InChI is InChI=1S/C9H12N4S/c1-2-4-14-5-3-11-9-7-12-8(10)6-13-9/h1,6-7H,3-5H2,(H2,10,12)(H,11,13). The quantitative estimate of drug-likeness (QED) is 0.554. The first-order valence-corrected chi connectivity index (χ1v) is 5.31. The third kappa shape index (κ3) is 4.01. The molecule has 0 aromatic carbocycles. The highest BCUT2D eigenvalue weighted by Gasteiger charge is 1.93. The molecule has 3 N–H and O–H groups in total. The van der Waals surface area contributed by atoms with Gasteiger partial charge < -0.3 is 11.1 Å². The molecule has 1 heterocycles. The average Bonchev–Trinajstić information content (AvgIpc) is 2.21. The number of anilines is 2. The van der Waals surface area contributed by atoms with Crippen LogP contribution in [0.5, 0.6) is 0 Å². The van der Waals surface area contributed by atoms with Gasteiger partial charge in [-0.15, -0.1) is 18.2 Å². The van der Waals surface area contributed by atoms with Crippen molar-refractivity contribution in [2.24, 2.45) is 0 Å². The van der Waals surface area contributed by atoms with Gasteiger partial charge in [-0.2, -0.15) is 0 Å². The first kappa shape index (κ1) is 10.7. The number of nitrogen functional groups attached to an aromatic ring is 1. The van der Waals surface area contributed by atoms with Crippen molar-refractivity contribution < 1.29 is 0 Å². The molecule has 0 unspecified atom stereocenters. The van der Waals surface area contributed by atoms with Crippen LogP contribution in [-0.4, -0.2) is 28.0 Å². The number of nitrogens with zero attached hydrogens (tertiary/aromatic N) is 2. The minimum absolute atomic E-state index is 0.428. The monoisotopic (exact) mass is 208 g/mol.